The number of carbonyl (C=O) groups is 1. The van der Waals surface area contributed by atoms with Crippen LogP contribution >= 0.6 is 0 Å². The van der Waals surface area contributed by atoms with Crippen molar-refractivity contribution in [1.82, 2.24) is 9.80 Å². The summed E-state index contributed by atoms with van der Waals surface area (Å²) in [6, 6.07) is 9.49. The topological polar surface area (TPSA) is 69.0 Å². The number of benzene rings is 1. The number of hydrogen-bond acceptors (Lipinski definition) is 5. The molecule has 156 valence electrons. The number of carbonyl (C=O) groups excluding carboxylic acids is 1. The predicted octanol–water partition coefficient (Wildman–Crippen LogP) is 2.12. The summed E-state index contributed by atoms with van der Waals surface area (Å²) in [5, 5.41) is 11.2. The fourth-order valence-electron chi connectivity index (χ4n) is 3.76. The Morgan fingerprint density at radius 1 is 1.21 bits per heavy atom. The fourth-order valence-corrected chi connectivity index (χ4v) is 3.76. The Balaban J connectivity index is 1.57. The highest BCUT2D eigenvalue weighted by molar-refractivity contribution is 5.94. The van der Waals surface area contributed by atoms with E-state index in [-0.39, 0.29) is 5.91 Å². The number of pyridine rings is 1. The molecule has 1 saturated heterocycles. The number of nitrogens with zero attached hydrogens (tertiary/aromatic N) is 3. The average molecular weight is 399 g/mol. The van der Waals surface area contributed by atoms with E-state index < -0.39 is 0 Å². The molecule has 1 aliphatic rings. The molecule has 0 radical (unpaired) electrons. The van der Waals surface area contributed by atoms with Gasteiger partial charge in [0.15, 0.2) is 23.9 Å². The molecule has 0 unspecified atom stereocenters. The zero-order chi connectivity index (χ0) is 20.8. The predicted molar refractivity (Wildman–Crippen MR) is 110 cm³/mol. The average Bonchev–Trinajstić information content (AvgIpc) is 2.77. The molecule has 3 rings (SSSR count). The van der Waals surface area contributed by atoms with Gasteiger partial charge in [-0.15, -0.1) is 0 Å². The van der Waals surface area contributed by atoms with E-state index in [1.54, 1.807) is 26.4 Å². The molecule has 1 amide bonds. The summed E-state index contributed by atoms with van der Waals surface area (Å²) in [7, 11) is 5.39. The van der Waals surface area contributed by atoms with E-state index >= 15 is 0 Å². The molecule has 7 nitrogen and oxygen atoms in total. The molecule has 1 aromatic carbocycles. The van der Waals surface area contributed by atoms with E-state index in [4.69, 9.17) is 9.47 Å². The fraction of sp³-hybridized carbons (Fsp3) is 0.455. The van der Waals surface area contributed by atoms with Crippen molar-refractivity contribution in [3.63, 3.8) is 0 Å². The van der Waals surface area contributed by atoms with Crippen LogP contribution in [0.25, 0.3) is 0 Å². The second kappa shape index (κ2) is 9.60. The van der Waals surface area contributed by atoms with Crippen molar-refractivity contribution in [3.8, 4) is 11.5 Å². The third-order valence-electron chi connectivity index (χ3n) is 5.56. The molecular formula is C22H29N3O4. The first kappa shape index (κ1) is 20.9. The zero-order valence-electron chi connectivity index (χ0n) is 17.3. The van der Waals surface area contributed by atoms with Gasteiger partial charge in [-0.25, -0.2) is 0 Å². The van der Waals surface area contributed by atoms with Gasteiger partial charge in [0, 0.05) is 37.8 Å². The molecule has 1 atom stereocenters. The van der Waals surface area contributed by atoms with Crippen molar-refractivity contribution in [3.05, 3.63) is 59.1 Å². The Labute approximate surface area is 172 Å². The summed E-state index contributed by atoms with van der Waals surface area (Å²) >= 11 is 0. The lowest BCUT2D eigenvalue weighted by molar-refractivity contribution is -0.605. The second-order valence-electron chi connectivity index (χ2n) is 7.41. The van der Waals surface area contributed by atoms with Gasteiger partial charge in [-0.2, -0.15) is 4.73 Å². The molecule has 0 aliphatic carbocycles. The lowest BCUT2D eigenvalue weighted by Crippen LogP contribution is -2.49. The summed E-state index contributed by atoms with van der Waals surface area (Å²) in [6.45, 7) is 2.35. The minimum Gasteiger partial charge on any atom is -0.619 e. The molecule has 7 heteroatoms. The number of methoxy groups -OCH3 is 2. The molecule has 1 fully saturated rings. The van der Waals surface area contributed by atoms with Crippen molar-refractivity contribution in [1.29, 1.82) is 0 Å². The molecular weight excluding hydrogens is 370 g/mol. The van der Waals surface area contributed by atoms with Crippen LogP contribution in [0, 0.1) is 5.21 Å². The van der Waals surface area contributed by atoms with Gasteiger partial charge in [0.05, 0.1) is 19.8 Å². The maximum absolute atomic E-state index is 12.8. The summed E-state index contributed by atoms with van der Waals surface area (Å²) in [6.07, 6.45) is 5.67. The van der Waals surface area contributed by atoms with Crippen molar-refractivity contribution in [2.24, 2.45) is 0 Å². The molecule has 0 spiro atoms. The quantitative estimate of drug-likeness (QED) is 0.527. The third kappa shape index (κ3) is 5.17. The molecule has 2 aromatic rings. The summed E-state index contributed by atoms with van der Waals surface area (Å²) in [5.74, 6) is 1.46. The Kier molecular flexibility index (Phi) is 6.93. The number of likely N-dealkylation sites (tertiary alicyclic amines) is 1. The maximum Gasteiger partial charge on any atom is 0.254 e. The molecule has 0 saturated carbocycles. The van der Waals surface area contributed by atoms with Gasteiger partial charge in [-0.3, -0.25) is 4.79 Å². The third-order valence-corrected chi connectivity index (χ3v) is 5.56. The van der Waals surface area contributed by atoms with Gasteiger partial charge in [0.25, 0.3) is 5.91 Å². The molecule has 0 N–H and O–H groups in total. The Hall–Kier alpha value is -2.80. The van der Waals surface area contributed by atoms with E-state index in [1.165, 1.54) is 18.0 Å². The van der Waals surface area contributed by atoms with Gasteiger partial charge in [-0.1, -0.05) is 6.07 Å². The molecule has 2 heterocycles. The Bertz CT molecular complexity index is 825. The van der Waals surface area contributed by atoms with Gasteiger partial charge in [-0.05, 0) is 44.0 Å². The van der Waals surface area contributed by atoms with Crippen LogP contribution in [0.2, 0.25) is 0 Å². The van der Waals surface area contributed by atoms with Gasteiger partial charge in [0.1, 0.15) is 0 Å². The molecule has 29 heavy (non-hydrogen) atoms. The highest BCUT2D eigenvalue weighted by atomic mass is 16.5. The minimum atomic E-state index is -0.0106. The first-order valence-corrected chi connectivity index (χ1v) is 9.91. The highest BCUT2D eigenvalue weighted by Crippen LogP contribution is 2.28. The van der Waals surface area contributed by atoms with Gasteiger partial charge >= 0.3 is 0 Å². The van der Waals surface area contributed by atoms with E-state index in [1.807, 2.05) is 17.0 Å². The summed E-state index contributed by atoms with van der Waals surface area (Å²) in [5.41, 5.74) is 1.75. The van der Waals surface area contributed by atoms with Crippen LogP contribution in [-0.4, -0.2) is 62.7 Å². The van der Waals surface area contributed by atoms with E-state index in [9.17, 15) is 10.0 Å². The maximum atomic E-state index is 12.8. The number of aromatic nitrogens is 1. The first-order valence-electron chi connectivity index (χ1n) is 9.91. The smallest absolute Gasteiger partial charge is 0.254 e. The Morgan fingerprint density at radius 3 is 2.62 bits per heavy atom. The van der Waals surface area contributed by atoms with Crippen LogP contribution in [-0.2, 0) is 6.42 Å². The van der Waals surface area contributed by atoms with Crippen LogP contribution in [0.1, 0.15) is 28.8 Å². The molecule has 1 aromatic heterocycles. The largest absolute Gasteiger partial charge is 0.619 e. The van der Waals surface area contributed by atoms with E-state index in [2.05, 4.69) is 18.0 Å². The van der Waals surface area contributed by atoms with Gasteiger partial charge < -0.3 is 24.5 Å². The number of amides is 1. The van der Waals surface area contributed by atoms with E-state index in [0.717, 1.165) is 43.9 Å². The monoisotopic (exact) mass is 399 g/mol. The van der Waals surface area contributed by atoms with Gasteiger partial charge in [0.2, 0.25) is 0 Å². The standard InChI is InChI=1S/C22H29N3O4/c1-23(12-8-17-6-7-20(28-2)21(15-17)29-3)19-5-4-11-24(16-19)22(26)18-9-13-25(27)14-10-18/h6-7,9-10,13-15,19H,4-5,8,11-12,16H2,1-3H3/t19-/m0/s1. The normalized spacial score (nSPS) is 16.7. The van der Waals surface area contributed by atoms with E-state index in [0.29, 0.717) is 22.9 Å². The zero-order valence-corrected chi connectivity index (χ0v) is 17.3. The Morgan fingerprint density at radius 2 is 1.93 bits per heavy atom. The van der Waals surface area contributed by atoms with Crippen molar-refractivity contribution < 1.29 is 19.0 Å². The van der Waals surface area contributed by atoms with Crippen LogP contribution in [0.15, 0.2) is 42.7 Å². The van der Waals surface area contributed by atoms with Crippen molar-refractivity contribution >= 4 is 5.91 Å². The number of rotatable bonds is 7. The lowest BCUT2D eigenvalue weighted by atomic mass is 10.0. The number of ether oxygens (including phenoxy) is 2. The lowest BCUT2D eigenvalue weighted by Gasteiger charge is -2.37. The molecule has 0 bridgehead atoms. The van der Waals surface area contributed by atoms with Crippen molar-refractivity contribution in [2.75, 3.05) is 40.9 Å². The summed E-state index contributed by atoms with van der Waals surface area (Å²) < 4.78 is 11.4. The molecule has 1 aliphatic heterocycles. The van der Waals surface area contributed by atoms with Crippen LogP contribution < -0.4 is 14.2 Å². The van der Waals surface area contributed by atoms with Crippen LogP contribution in [0.4, 0.5) is 0 Å². The van der Waals surface area contributed by atoms with Crippen LogP contribution in [0.3, 0.4) is 0 Å². The summed E-state index contributed by atoms with van der Waals surface area (Å²) in [4.78, 5) is 17.0. The number of piperidine rings is 1. The van der Waals surface area contributed by atoms with Crippen LogP contribution in [0.5, 0.6) is 11.5 Å². The van der Waals surface area contributed by atoms with Crippen molar-refractivity contribution in [2.45, 2.75) is 25.3 Å². The highest BCUT2D eigenvalue weighted by Gasteiger charge is 2.27. The first-order chi connectivity index (χ1) is 14.0. The number of hydrogen-bond donors (Lipinski definition) is 0. The second-order valence-corrected chi connectivity index (χ2v) is 7.41. The number of likely N-dealkylation sites (N-methyl/N-ethyl adjacent to an activating group) is 1. The minimum absolute atomic E-state index is 0.0106. The SMILES string of the molecule is COc1ccc(CCN(C)[C@H]2CCCN(C(=O)c3cc[n+]([O-])cc3)C2)cc1OC.